The molecule has 0 aliphatic carbocycles. The lowest BCUT2D eigenvalue weighted by Gasteiger charge is -2.20. The average molecular weight is 427 g/mol. The molecule has 160 valence electrons. The van der Waals surface area contributed by atoms with Crippen LogP contribution in [0.15, 0.2) is 54.7 Å². The molecule has 9 heteroatoms. The van der Waals surface area contributed by atoms with Crippen molar-refractivity contribution in [2.45, 2.75) is 19.5 Å². The Morgan fingerprint density at radius 2 is 1.77 bits per heavy atom. The van der Waals surface area contributed by atoms with Crippen molar-refractivity contribution < 1.29 is 17.9 Å². The topological polar surface area (TPSA) is 74.1 Å². The molecule has 3 rings (SSSR count). The number of anilines is 4. The second kappa shape index (κ2) is 9.34. The number of nitrogens with one attached hydrogen (secondary N) is 1. The Morgan fingerprint density at radius 1 is 1.10 bits per heavy atom. The Labute approximate surface area is 177 Å². The minimum absolute atomic E-state index is 0.0892. The number of alkyl halides is 3. The zero-order valence-corrected chi connectivity index (χ0v) is 16.9. The third-order valence-electron chi connectivity index (χ3n) is 4.36. The van der Waals surface area contributed by atoms with Gasteiger partial charge in [0.25, 0.3) is 0 Å². The first-order chi connectivity index (χ1) is 14.8. The predicted octanol–water partition coefficient (Wildman–Crippen LogP) is 5.67. The van der Waals surface area contributed by atoms with Gasteiger partial charge in [-0.15, -0.1) is 0 Å². The van der Waals surface area contributed by atoms with Gasteiger partial charge in [-0.05, 0) is 55.0 Å². The molecule has 0 atom stereocenters. The van der Waals surface area contributed by atoms with Crippen molar-refractivity contribution in [1.82, 2.24) is 9.97 Å². The lowest BCUT2D eigenvalue weighted by Crippen LogP contribution is -2.17. The van der Waals surface area contributed by atoms with Crippen LogP contribution in [-0.2, 0) is 6.18 Å². The summed E-state index contributed by atoms with van der Waals surface area (Å²) in [6.45, 7) is 2.61. The summed E-state index contributed by atoms with van der Waals surface area (Å²) in [5.41, 5.74) is 0.468. The molecule has 0 aliphatic rings. The molecular weight excluding hydrogens is 407 g/mol. The molecule has 1 aromatic heterocycles. The van der Waals surface area contributed by atoms with E-state index in [0.29, 0.717) is 29.3 Å². The number of nitriles is 1. The van der Waals surface area contributed by atoms with E-state index in [1.54, 1.807) is 36.2 Å². The van der Waals surface area contributed by atoms with Gasteiger partial charge >= 0.3 is 6.18 Å². The fourth-order valence-electron chi connectivity index (χ4n) is 2.70. The molecule has 1 N–H and O–H groups in total. The number of halogens is 3. The van der Waals surface area contributed by atoms with E-state index in [1.807, 2.05) is 13.0 Å². The maximum absolute atomic E-state index is 13.5. The predicted molar refractivity (Wildman–Crippen MR) is 112 cm³/mol. The van der Waals surface area contributed by atoms with Crippen LogP contribution in [0.4, 0.5) is 36.3 Å². The van der Waals surface area contributed by atoms with Crippen molar-refractivity contribution in [2.75, 3.05) is 23.9 Å². The Hall–Kier alpha value is -3.80. The fraction of sp³-hybridized carbons (Fsp3) is 0.227. The van der Waals surface area contributed by atoms with E-state index in [1.165, 1.54) is 24.3 Å². The number of rotatable bonds is 7. The van der Waals surface area contributed by atoms with E-state index in [4.69, 9.17) is 10.00 Å². The highest BCUT2D eigenvalue weighted by Crippen LogP contribution is 2.36. The number of hydrogen-bond acceptors (Lipinski definition) is 6. The average Bonchev–Trinajstić information content (AvgIpc) is 2.77. The van der Waals surface area contributed by atoms with E-state index in [0.717, 1.165) is 12.6 Å². The molecule has 0 unspecified atom stereocenters. The van der Waals surface area contributed by atoms with Gasteiger partial charge in [0.1, 0.15) is 17.1 Å². The highest BCUT2D eigenvalue weighted by atomic mass is 19.4. The van der Waals surface area contributed by atoms with Crippen molar-refractivity contribution in [1.29, 1.82) is 5.26 Å². The van der Waals surface area contributed by atoms with E-state index in [2.05, 4.69) is 15.3 Å². The molecular formula is C22H20F3N5O. The minimum atomic E-state index is -4.63. The maximum Gasteiger partial charge on any atom is 0.421 e. The standard InChI is InChI=1S/C22H20F3N5O/c1-3-12-31-18-10-8-17(9-11-18)30(2)21-27-14-19(22(23,24)25)20(29-21)28-16-6-4-15(13-26)5-7-16/h4-11,14H,3,12H2,1-2H3,(H,27,28,29). The number of benzene rings is 2. The van der Waals surface area contributed by atoms with Crippen LogP contribution < -0.4 is 15.0 Å². The molecule has 0 radical (unpaired) electrons. The Kier molecular flexibility index (Phi) is 6.60. The van der Waals surface area contributed by atoms with Gasteiger partial charge in [-0.3, -0.25) is 0 Å². The molecule has 3 aromatic rings. The molecule has 31 heavy (non-hydrogen) atoms. The summed E-state index contributed by atoms with van der Waals surface area (Å²) in [6, 6.07) is 15.1. The van der Waals surface area contributed by atoms with Crippen molar-refractivity contribution >= 4 is 23.1 Å². The largest absolute Gasteiger partial charge is 0.494 e. The normalized spacial score (nSPS) is 11.0. The van der Waals surface area contributed by atoms with Crippen molar-refractivity contribution in [3.8, 4) is 11.8 Å². The van der Waals surface area contributed by atoms with E-state index in [9.17, 15) is 13.2 Å². The highest BCUT2D eigenvalue weighted by Gasteiger charge is 2.35. The van der Waals surface area contributed by atoms with E-state index in [-0.39, 0.29) is 11.8 Å². The first-order valence-electron chi connectivity index (χ1n) is 9.50. The highest BCUT2D eigenvalue weighted by molar-refractivity contribution is 5.64. The summed E-state index contributed by atoms with van der Waals surface area (Å²) >= 11 is 0. The van der Waals surface area contributed by atoms with Gasteiger partial charge in [0.15, 0.2) is 0 Å². The smallest absolute Gasteiger partial charge is 0.421 e. The second-order valence-corrected chi connectivity index (χ2v) is 6.65. The Bertz CT molecular complexity index is 1060. The molecule has 0 fully saturated rings. The summed E-state index contributed by atoms with van der Waals surface area (Å²) in [7, 11) is 1.66. The molecule has 0 spiro atoms. The molecule has 2 aromatic carbocycles. The second-order valence-electron chi connectivity index (χ2n) is 6.65. The van der Waals surface area contributed by atoms with Crippen LogP contribution in [0.1, 0.15) is 24.5 Å². The van der Waals surface area contributed by atoms with Crippen molar-refractivity contribution in [2.24, 2.45) is 0 Å². The number of ether oxygens (including phenoxy) is 1. The molecule has 0 aliphatic heterocycles. The monoisotopic (exact) mass is 427 g/mol. The Morgan fingerprint density at radius 3 is 2.35 bits per heavy atom. The van der Waals surface area contributed by atoms with Crippen LogP contribution in [0, 0.1) is 11.3 Å². The van der Waals surface area contributed by atoms with Crippen LogP contribution in [0.25, 0.3) is 0 Å². The van der Waals surface area contributed by atoms with Gasteiger partial charge in [-0.2, -0.15) is 23.4 Å². The first kappa shape index (κ1) is 21.9. The van der Waals surface area contributed by atoms with Crippen LogP contribution in [0.2, 0.25) is 0 Å². The summed E-state index contributed by atoms with van der Waals surface area (Å²) in [5, 5.41) is 11.6. The zero-order valence-electron chi connectivity index (χ0n) is 16.9. The van der Waals surface area contributed by atoms with Crippen LogP contribution in [0.5, 0.6) is 5.75 Å². The maximum atomic E-state index is 13.5. The molecule has 6 nitrogen and oxygen atoms in total. The SMILES string of the molecule is CCCOc1ccc(N(C)c2ncc(C(F)(F)F)c(Nc3ccc(C#N)cc3)n2)cc1. The molecule has 0 amide bonds. The third-order valence-corrected chi connectivity index (χ3v) is 4.36. The van der Waals surface area contributed by atoms with E-state index < -0.39 is 11.7 Å². The van der Waals surface area contributed by atoms with Crippen LogP contribution in [0.3, 0.4) is 0 Å². The van der Waals surface area contributed by atoms with Gasteiger partial charge in [0.2, 0.25) is 5.95 Å². The van der Waals surface area contributed by atoms with Gasteiger partial charge in [-0.1, -0.05) is 6.92 Å². The molecule has 1 heterocycles. The zero-order chi connectivity index (χ0) is 22.4. The minimum Gasteiger partial charge on any atom is -0.494 e. The van der Waals surface area contributed by atoms with Gasteiger partial charge in [-0.25, -0.2) is 4.98 Å². The Balaban J connectivity index is 1.90. The van der Waals surface area contributed by atoms with Crippen molar-refractivity contribution in [3.05, 3.63) is 65.9 Å². The number of aromatic nitrogens is 2. The summed E-state index contributed by atoms with van der Waals surface area (Å²) < 4.78 is 46.0. The fourth-order valence-corrected chi connectivity index (χ4v) is 2.70. The summed E-state index contributed by atoms with van der Waals surface area (Å²) in [6.07, 6.45) is -3.00. The molecule has 0 saturated carbocycles. The quantitative estimate of drug-likeness (QED) is 0.524. The van der Waals surface area contributed by atoms with Crippen molar-refractivity contribution in [3.63, 3.8) is 0 Å². The summed E-state index contributed by atoms with van der Waals surface area (Å²) in [5.74, 6) is 0.416. The van der Waals surface area contributed by atoms with Gasteiger partial charge < -0.3 is 15.0 Å². The van der Waals surface area contributed by atoms with Gasteiger partial charge in [0, 0.05) is 24.6 Å². The summed E-state index contributed by atoms with van der Waals surface area (Å²) in [4.78, 5) is 9.59. The first-order valence-corrected chi connectivity index (χ1v) is 9.50. The molecule has 0 saturated heterocycles. The van der Waals surface area contributed by atoms with E-state index >= 15 is 0 Å². The number of nitrogens with zero attached hydrogens (tertiary/aromatic N) is 4. The lowest BCUT2D eigenvalue weighted by atomic mass is 10.2. The van der Waals surface area contributed by atoms with Crippen LogP contribution in [-0.4, -0.2) is 23.6 Å². The lowest BCUT2D eigenvalue weighted by molar-refractivity contribution is -0.137. The van der Waals surface area contributed by atoms with Gasteiger partial charge in [0.05, 0.1) is 18.2 Å². The van der Waals surface area contributed by atoms with Crippen LogP contribution >= 0.6 is 0 Å². The number of hydrogen-bond donors (Lipinski definition) is 1. The molecule has 0 bridgehead atoms. The third kappa shape index (κ3) is 5.42.